The molecule has 324 valence electrons. The van der Waals surface area contributed by atoms with Crippen molar-refractivity contribution in [3.8, 4) is 0 Å². The van der Waals surface area contributed by atoms with Crippen LogP contribution in [0.3, 0.4) is 0 Å². The Hall–Kier alpha value is -7.17. The van der Waals surface area contributed by atoms with Crippen LogP contribution in [-0.4, -0.2) is 55.8 Å². The molecule has 0 aliphatic heterocycles. The molecule has 2 aliphatic rings. The van der Waals surface area contributed by atoms with Gasteiger partial charge in [0.25, 0.3) is 0 Å². The molecule has 0 atom stereocenters. The molecular weight excluding hydrogens is 831 g/mol. The van der Waals surface area contributed by atoms with Gasteiger partial charge < -0.3 is 24.7 Å². The molecule has 9 rings (SSSR count). The average molecular weight is 869 g/mol. The van der Waals surface area contributed by atoms with Crippen LogP contribution in [0.4, 0.5) is 49.4 Å². The van der Waals surface area contributed by atoms with Crippen molar-refractivity contribution in [3.05, 3.63) is 143 Å². The summed E-state index contributed by atoms with van der Waals surface area (Å²) in [5, 5.41) is 14.2. The first-order valence-corrected chi connectivity index (χ1v) is 19.8. The molecule has 3 N–H and O–H groups in total. The van der Waals surface area contributed by atoms with Crippen molar-refractivity contribution in [1.29, 1.82) is 0 Å². The van der Waals surface area contributed by atoms with E-state index in [2.05, 4.69) is 20.3 Å². The number of esters is 1. The standard InChI is InChI=1S/C25H20F3N3O2.C21H18F3N3O3/c26-25(27,28)19-5-1-15(2-6-19)14-31-10-9-17-11-20(7-8-22(17)31)30-23-21(24(32)33)12-18(13-29-23)16-3-4-16;1-11-7-13-8-15(5-6-17(13)26-11)27(20(29)21(22,23)24)18-16(19(28)30-2)9-14(10-25-18)12-3-4-12/h1-2,5-13,16H,3-4,14H2,(H,29,30)(H,32,33);5-10,12,26H,3-4H2,1-2H3. The summed E-state index contributed by atoms with van der Waals surface area (Å²) in [6.07, 6.45) is -0.561. The number of nitrogens with zero attached hydrogens (tertiary/aromatic N) is 4. The number of hydrogen-bond acceptors (Lipinski definition) is 7. The molecule has 0 saturated heterocycles. The Morgan fingerprint density at radius 3 is 2.11 bits per heavy atom. The summed E-state index contributed by atoms with van der Waals surface area (Å²) in [6.45, 7) is 2.24. The van der Waals surface area contributed by atoms with Gasteiger partial charge in [-0.15, -0.1) is 0 Å². The molecular formula is C46H38F6N6O5. The number of aryl methyl sites for hydroxylation is 1. The SMILES string of the molecule is COC(=O)c1cc(C2CC2)cnc1N(C(=O)C(F)(F)F)c1ccc2[nH]c(C)cc2c1.O=C(O)c1cc(C2CC2)cnc1Nc1ccc2c(ccn2Cc2ccc(C(F)(F)F)cc2)c1. The van der Waals surface area contributed by atoms with Crippen LogP contribution in [0.1, 0.15) is 86.2 Å². The zero-order chi connectivity index (χ0) is 44.8. The maximum atomic E-state index is 13.5. The van der Waals surface area contributed by atoms with E-state index in [0.717, 1.165) is 78.2 Å². The number of hydrogen-bond donors (Lipinski definition) is 3. The minimum atomic E-state index is -5.17. The van der Waals surface area contributed by atoms with Crippen LogP contribution >= 0.6 is 0 Å². The third-order valence-corrected chi connectivity index (χ3v) is 10.9. The number of nitrogens with one attached hydrogen (secondary N) is 2. The van der Waals surface area contributed by atoms with Crippen molar-refractivity contribution in [3.63, 3.8) is 0 Å². The van der Waals surface area contributed by atoms with Crippen molar-refractivity contribution >= 4 is 62.7 Å². The van der Waals surface area contributed by atoms with Crippen LogP contribution in [0.2, 0.25) is 0 Å². The highest BCUT2D eigenvalue weighted by atomic mass is 19.4. The average Bonchev–Trinajstić information content (AvgIpc) is 4.19. The van der Waals surface area contributed by atoms with Gasteiger partial charge in [0.15, 0.2) is 5.82 Å². The van der Waals surface area contributed by atoms with Gasteiger partial charge in [-0.1, -0.05) is 12.1 Å². The second-order valence-corrected chi connectivity index (χ2v) is 15.5. The molecule has 2 fully saturated rings. The number of carboxylic acid groups (broad SMARTS) is 1. The Bertz CT molecular complexity index is 2880. The lowest BCUT2D eigenvalue weighted by Crippen LogP contribution is -2.39. The van der Waals surface area contributed by atoms with Crippen LogP contribution in [0, 0.1) is 6.92 Å². The summed E-state index contributed by atoms with van der Waals surface area (Å²) in [5.41, 5.74) is 4.81. The summed E-state index contributed by atoms with van der Waals surface area (Å²) >= 11 is 0. The van der Waals surface area contributed by atoms with Gasteiger partial charge in [0.2, 0.25) is 0 Å². The van der Waals surface area contributed by atoms with Gasteiger partial charge in [0.1, 0.15) is 16.9 Å². The third-order valence-electron chi connectivity index (χ3n) is 10.9. The van der Waals surface area contributed by atoms with E-state index in [1.807, 2.05) is 42.0 Å². The second-order valence-electron chi connectivity index (χ2n) is 15.5. The Balaban J connectivity index is 0.000000174. The van der Waals surface area contributed by atoms with E-state index in [4.69, 9.17) is 4.74 Å². The molecule has 4 aromatic heterocycles. The number of carbonyl (C=O) groups excluding carboxylic acids is 2. The van der Waals surface area contributed by atoms with Gasteiger partial charge >= 0.3 is 30.2 Å². The molecule has 2 saturated carbocycles. The largest absolute Gasteiger partial charge is 0.478 e. The van der Waals surface area contributed by atoms with E-state index < -0.39 is 41.6 Å². The Morgan fingerprint density at radius 1 is 0.825 bits per heavy atom. The van der Waals surface area contributed by atoms with E-state index in [9.17, 15) is 45.8 Å². The van der Waals surface area contributed by atoms with Crippen LogP contribution in [-0.2, 0) is 22.3 Å². The maximum Gasteiger partial charge on any atom is 0.472 e. The van der Waals surface area contributed by atoms with Crippen molar-refractivity contribution in [2.45, 2.75) is 63.3 Å². The minimum Gasteiger partial charge on any atom is -0.478 e. The fourth-order valence-electron chi connectivity index (χ4n) is 7.35. The highest BCUT2D eigenvalue weighted by molar-refractivity contribution is 6.08. The molecule has 2 aliphatic carbocycles. The number of aromatic carboxylic acids is 1. The lowest BCUT2D eigenvalue weighted by molar-refractivity contribution is -0.169. The molecule has 0 unspecified atom stereocenters. The lowest BCUT2D eigenvalue weighted by Gasteiger charge is -2.25. The van der Waals surface area contributed by atoms with Gasteiger partial charge in [-0.25, -0.2) is 19.6 Å². The fraction of sp³-hybridized carbons (Fsp3) is 0.239. The Morgan fingerprint density at radius 2 is 1.49 bits per heavy atom. The van der Waals surface area contributed by atoms with Crippen molar-refractivity contribution in [2.75, 3.05) is 17.3 Å². The third kappa shape index (κ3) is 9.37. The lowest BCUT2D eigenvalue weighted by atomic mass is 10.1. The minimum absolute atomic E-state index is 0.0550. The number of anilines is 4. The van der Waals surface area contributed by atoms with E-state index >= 15 is 0 Å². The summed E-state index contributed by atoms with van der Waals surface area (Å²) in [5.74, 6) is -3.55. The van der Waals surface area contributed by atoms with Gasteiger partial charge in [-0.3, -0.25) is 9.69 Å². The number of aromatic amines is 1. The number of alkyl halides is 6. The quantitative estimate of drug-likeness (QED) is 0.0911. The van der Waals surface area contributed by atoms with Crippen LogP contribution in [0.25, 0.3) is 21.8 Å². The molecule has 17 heteroatoms. The first-order valence-electron chi connectivity index (χ1n) is 19.8. The summed E-state index contributed by atoms with van der Waals surface area (Å²) < 4.78 is 85.5. The number of H-pyrrole nitrogens is 1. The zero-order valence-electron chi connectivity index (χ0n) is 33.6. The smallest absolute Gasteiger partial charge is 0.472 e. The number of carboxylic acids is 1. The highest BCUT2D eigenvalue weighted by Crippen LogP contribution is 2.43. The Labute approximate surface area is 355 Å². The molecule has 0 spiro atoms. The zero-order valence-corrected chi connectivity index (χ0v) is 33.6. The molecule has 0 radical (unpaired) electrons. The molecule has 0 bridgehead atoms. The van der Waals surface area contributed by atoms with E-state index in [-0.39, 0.29) is 28.6 Å². The first-order chi connectivity index (χ1) is 30.0. The highest BCUT2D eigenvalue weighted by Gasteiger charge is 2.45. The predicted octanol–water partition coefficient (Wildman–Crippen LogP) is 11.2. The van der Waals surface area contributed by atoms with Crippen LogP contribution < -0.4 is 10.2 Å². The van der Waals surface area contributed by atoms with Crippen LogP contribution in [0.5, 0.6) is 0 Å². The molecule has 7 aromatic rings. The maximum absolute atomic E-state index is 13.5. The predicted molar refractivity (Wildman–Crippen MR) is 223 cm³/mol. The number of amides is 1. The molecule has 1 amide bonds. The van der Waals surface area contributed by atoms with Crippen molar-refractivity contribution in [1.82, 2.24) is 19.5 Å². The second kappa shape index (κ2) is 16.6. The normalized spacial score (nSPS) is 14.0. The van der Waals surface area contributed by atoms with E-state index in [1.165, 1.54) is 36.5 Å². The Kier molecular flexibility index (Phi) is 11.2. The molecule has 63 heavy (non-hydrogen) atoms. The number of carbonyl (C=O) groups is 3. The number of ether oxygens (including phenoxy) is 1. The van der Waals surface area contributed by atoms with E-state index in [0.29, 0.717) is 34.0 Å². The first kappa shape index (κ1) is 42.5. The van der Waals surface area contributed by atoms with E-state index in [1.54, 1.807) is 24.4 Å². The molecule has 3 aromatic carbocycles. The van der Waals surface area contributed by atoms with Gasteiger partial charge in [-0.05, 0) is 134 Å². The fourth-order valence-corrected chi connectivity index (χ4v) is 7.35. The number of rotatable bonds is 10. The monoisotopic (exact) mass is 868 g/mol. The van der Waals surface area contributed by atoms with Gasteiger partial charge in [-0.2, -0.15) is 26.3 Å². The number of fused-ring (bicyclic) bond motifs is 2. The van der Waals surface area contributed by atoms with Crippen molar-refractivity contribution in [2.24, 2.45) is 0 Å². The summed E-state index contributed by atoms with van der Waals surface area (Å²) in [7, 11) is 1.13. The number of pyridine rings is 2. The number of methoxy groups -OCH3 is 1. The number of aromatic nitrogens is 4. The van der Waals surface area contributed by atoms with Crippen molar-refractivity contribution < 1.29 is 50.6 Å². The molecule has 11 nitrogen and oxygen atoms in total. The number of benzene rings is 3. The van der Waals surface area contributed by atoms with Gasteiger partial charge in [0.05, 0.1) is 18.4 Å². The summed E-state index contributed by atoms with van der Waals surface area (Å²) in [6, 6.07) is 21.9. The topological polar surface area (TPSA) is 142 Å². The molecule has 4 heterocycles. The number of halogens is 6. The van der Waals surface area contributed by atoms with Crippen LogP contribution in [0.15, 0.2) is 104 Å². The summed E-state index contributed by atoms with van der Waals surface area (Å²) in [4.78, 5) is 48.4. The van der Waals surface area contributed by atoms with Gasteiger partial charge in [0, 0.05) is 58.3 Å².